The van der Waals surface area contributed by atoms with Crippen LogP contribution in [0, 0.1) is 0 Å². The van der Waals surface area contributed by atoms with Gasteiger partial charge in [0.2, 0.25) is 0 Å². The minimum atomic E-state index is -0.639. The van der Waals surface area contributed by atoms with E-state index in [1.54, 1.807) is 60.7 Å². The largest absolute Gasteiger partial charge is 0.490 e. The molecular formula is C22H21NO5. The molecule has 2 aromatic rings. The molecule has 0 aromatic heterocycles. The van der Waals surface area contributed by atoms with Gasteiger partial charge in [0.15, 0.2) is 12.4 Å². The molecule has 6 heteroatoms. The first-order valence-electron chi connectivity index (χ1n) is 8.57. The molecule has 0 radical (unpaired) electrons. The third kappa shape index (κ3) is 6.92. The molecule has 0 saturated carbocycles. The molecule has 0 aliphatic heterocycles. The van der Waals surface area contributed by atoms with Crippen LogP contribution in [0.3, 0.4) is 0 Å². The monoisotopic (exact) mass is 379 g/mol. The molecule has 144 valence electrons. The number of nitrogens with one attached hydrogen (secondary N) is 1. The van der Waals surface area contributed by atoms with Gasteiger partial charge in [0.05, 0.1) is 0 Å². The molecule has 0 fully saturated rings. The highest BCUT2D eigenvalue weighted by atomic mass is 16.5. The average molecular weight is 379 g/mol. The summed E-state index contributed by atoms with van der Waals surface area (Å²) in [5, 5.41) is 2.58. The van der Waals surface area contributed by atoms with Crippen molar-refractivity contribution in [2.75, 3.05) is 18.5 Å². The molecule has 0 saturated heterocycles. The molecule has 0 spiro atoms. The smallest absolute Gasteiger partial charge is 0.331 e. The fourth-order valence-electron chi connectivity index (χ4n) is 2.19. The topological polar surface area (TPSA) is 81.7 Å². The molecule has 2 aromatic carbocycles. The summed E-state index contributed by atoms with van der Waals surface area (Å²) in [6, 6.07) is 13.6. The van der Waals surface area contributed by atoms with Gasteiger partial charge in [-0.3, -0.25) is 9.59 Å². The van der Waals surface area contributed by atoms with Gasteiger partial charge in [0.25, 0.3) is 5.91 Å². The van der Waals surface area contributed by atoms with Crippen molar-refractivity contribution in [1.82, 2.24) is 0 Å². The number of hydrogen-bond donors (Lipinski definition) is 1. The molecule has 0 atom stereocenters. The highest BCUT2D eigenvalue weighted by Crippen LogP contribution is 2.13. The summed E-state index contributed by atoms with van der Waals surface area (Å²) >= 11 is 0. The van der Waals surface area contributed by atoms with Gasteiger partial charge in [-0.05, 0) is 42.8 Å². The average Bonchev–Trinajstić information content (AvgIpc) is 2.70. The molecule has 2 rings (SSSR count). The van der Waals surface area contributed by atoms with E-state index in [0.717, 1.165) is 5.56 Å². The highest BCUT2D eigenvalue weighted by molar-refractivity contribution is 5.98. The van der Waals surface area contributed by atoms with Gasteiger partial charge in [-0.1, -0.05) is 36.9 Å². The van der Waals surface area contributed by atoms with E-state index in [0.29, 0.717) is 23.6 Å². The zero-order valence-corrected chi connectivity index (χ0v) is 15.5. The minimum Gasteiger partial charge on any atom is -0.490 e. The van der Waals surface area contributed by atoms with E-state index in [9.17, 15) is 14.4 Å². The van der Waals surface area contributed by atoms with E-state index >= 15 is 0 Å². The van der Waals surface area contributed by atoms with Gasteiger partial charge in [-0.15, -0.1) is 0 Å². The van der Waals surface area contributed by atoms with Crippen LogP contribution in [0.1, 0.15) is 22.8 Å². The number of ketones is 1. The van der Waals surface area contributed by atoms with Gasteiger partial charge in [0.1, 0.15) is 12.4 Å². The Labute approximate surface area is 163 Å². The predicted molar refractivity (Wildman–Crippen MR) is 107 cm³/mol. The van der Waals surface area contributed by atoms with Crippen molar-refractivity contribution in [3.8, 4) is 5.75 Å². The van der Waals surface area contributed by atoms with Gasteiger partial charge >= 0.3 is 5.97 Å². The van der Waals surface area contributed by atoms with Crippen LogP contribution in [0.2, 0.25) is 0 Å². The second-order valence-electron chi connectivity index (χ2n) is 5.79. The quantitative estimate of drug-likeness (QED) is 0.311. The van der Waals surface area contributed by atoms with Crippen LogP contribution in [0.15, 0.2) is 67.3 Å². The standard InChI is InChI=1S/C22H21NO5/c1-3-13-27-20-10-7-17(8-11-20)9-12-22(26)28-15-21(25)23-19-6-4-5-18(14-19)16(2)24/h3-12,14H,1,13,15H2,2H3,(H,23,25)/b12-9+. The number of anilines is 1. The van der Waals surface area contributed by atoms with Crippen molar-refractivity contribution in [3.05, 3.63) is 78.4 Å². The van der Waals surface area contributed by atoms with Crippen molar-refractivity contribution in [1.29, 1.82) is 0 Å². The molecule has 6 nitrogen and oxygen atoms in total. The van der Waals surface area contributed by atoms with Crippen molar-refractivity contribution < 1.29 is 23.9 Å². The number of carbonyl (C=O) groups is 3. The van der Waals surface area contributed by atoms with Crippen LogP contribution >= 0.6 is 0 Å². The third-order valence-corrected chi connectivity index (χ3v) is 3.56. The summed E-state index contributed by atoms with van der Waals surface area (Å²) in [6.07, 6.45) is 4.47. The number of rotatable bonds is 9. The second-order valence-corrected chi connectivity index (χ2v) is 5.79. The molecule has 0 heterocycles. The molecule has 1 N–H and O–H groups in total. The Morgan fingerprint density at radius 3 is 2.54 bits per heavy atom. The number of ether oxygens (including phenoxy) is 2. The Hall–Kier alpha value is -3.67. The lowest BCUT2D eigenvalue weighted by Crippen LogP contribution is -2.20. The summed E-state index contributed by atoms with van der Waals surface area (Å²) < 4.78 is 10.3. The van der Waals surface area contributed by atoms with Crippen molar-refractivity contribution in [3.63, 3.8) is 0 Å². The fraction of sp³-hybridized carbons (Fsp3) is 0.136. The van der Waals surface area contributed by atoms with Gasteiger partial charge < -0.3 is 14.8 Å². The molecule has 1 amide bonds. The molecule has 0 bridgehead atoms. The number of amides is 1. The van der Waals surface area contributed by atoms with Crippen molar-refractivity contribution in [2.45, 2.75) is 6.92 Å². The predicted octanol–water partition coefficient (Wildman–Crippen LogP) is 3.65. The Bertz CT molecular complexity index is 884. The maximum absolute atomic E-state index is 11.9. The fourth-order valence-corrected chi connectivity index (χ4v) is 2.19. The van der Waals surface area contributed by atoms with Crippen LogP contribution in [0.4, 0.5) is 5.69 Å². The number of Topliss-reactive ketones (excluding diaryl/α,β-unsaturated/α-hetero) is 1. The van der Waals surface area contributed by atoms with Crippen molar-refractivity contribution >= 4 is 29.4 Å². The maximum atomic E-state index is 11.9. The lowest BCUT2D eigenvalue weighted by Gasteiger charge is -2.06. The number of hydrogen-bond acceptors (Lipinski definition) is 5. The molecule has 0 aliphatic carbocycles. The van der Waals surface area contributed by atoms with Gasteiger partial charge in [0, 0.05) is 17.3 Å². The summed E-state index contributed by atoms with van der Waals surface area (Å²) in [4.78, 5) is 35.0. The Balaban J connectivity index is 1.80. The van der Waals surface area contributed by atoms with Crippen LogP contribution < -0.4 is 10.1 Å². The first kappa shape index (κ1) is 20.6. The number of carbonyl (C=O) groups excluding carboxylic acids is 3. The van der Waals surface area contributed by atoms with E-state index in [1.807, 2.05) is 0 Å². The lowest BCUT2D eigenvalue weighted by molar-refractivity contribution is -0.142. The third-order valence-electron chi connectivity index (χ3n) is 3.56. The van der Waals surface area contributed by atoms with Gasteiger partial charge in [-0.25, -0.2) is 4.79 Å². The number of benzene rings is 2. The normalized spacial score (nSPS) is 10.3. The van der Waals surface area contributed by atoms with Crippen LogP contribution in [0.25, 0.3) is 6.08 Å². The Morgan fingerprint density at radius 2 is 1.86 bits per heavy atom. The first-order valence-corrected chi connectivity index (χ1v) is 8.57. The second kappa shape index (κ2) is 10.5. The van der Waals surface area contributed by atoms with Crippen LogP contribution in [-0.4, -0.2) is 30.9 Å². The first-order chi connectivity index (χ1) is 13.5. The summed E-state index contributed by atoms with van der Waals surface area (Å²) in [7, 11) is 0. The van der Waals surface area contributed by atoms with Crippen molar-refractivity contribution in [2.24, 2.45) is 0 Å². The van der Waals surface area contributed by atoms with Crippen LogP contribution in [-0.2, 0) is 14.3 Å². The summed E-state index contributed by atoms with van der Waals surface area (Å²) in [5.74, 6) is -0.538. The van der Waals surface area contributed by atoms with Crippen LogP contribution in [0.5, 0.6) is 5.75 Å². The summed E-state index contributed by atoms with van der Waals surface area (Å²) in [5.41, 5.74) is 1.73. The lowest BCUT2D eigenvalue weighted by atomic mass is 10.1. The van der Waals surface area contributed by atoms with E-state index in [2.05, 4.69) is 11.9 Å². The SMILES string of the molecule is C=CCOc1ccc(/C=C/C(=O)OCC(=O)Nc2cccc(C(C)=O)c2)cc1. The molecular weight excluding hydrogens is 358 g/mol. The minimum absolute atomic E-state index is 0.104. The zero-order chi connectivity index (χ0) is 20.4. The van der Waals surface area contributed by atoms with E-state index in [4.69, 9.17) is 9.47 Å². The molecule has 0 aliphatic rings. The van der Waals surface area contributed by atoms with E-state index in [-0.39, 0.29) is 5.78 Å². The maximum Gasteiger partial charge on any atom is 0.331 e. The van der Waals surface area contributed by atoms with Gasteiger partial charge in [-0.2, -0.15) is 0 Å². The van der Waals surface area contributed by atoms with E-state index < -0.39 is 18.5 Å². The molecule has 0 unspecified atom stereocenters. The summed E-state index contributed by atoms with van der Waals surface area (Å²) in [6.45, 7) is 5.01. The molecule has 28 heavy (non-hydrogen) atoms. The highest BCUT2D eigenvalue weighted by Gasteiger charge is 2.07. The Morgan fingerprint density at radius 1 is 1.11 bits per heavy atom. The number of esters is 1. The Kier molecular flexibility index (Phi) is 7.72. The zero-order valence-electron chi connectivity index (χ0n) is 15.5. The van der Waals surface area contributed by atoms with E-state index in [1.165, 1.54) is 13.0 Å².